The van der Waals surface area contributed by atoms with Gasteiger partial charge in [0.25, 0.3) is 5.91 Å². The van der Waals surface area contributed by atoms with Crippen LogP contribution in [-0.2, 0) is 33.7 Å². The lowest BCUT2D eigenvalue weighted by Crippen LogP contribution is -2.35. The molecule has 1 amide bonds. The van der Waals surface area contributed by atoms with E-state index in [0.29, 0.717) is 11.3 Å². The van der Waals surface area contributed by atoms with Gasteiger partial charge in [-0.05, 0) is 48.6 Å². The van der Waals surface area contributed by atoms with Crippen LogP contribution in [0.25, 0.3) is 10.9 Å². The third-order valence-electron chi connectivity index (χ3n) is 6.21. The first kappa shape index (κ1) is 21.6. The summed E-state index contributed by atoms with van der Waals surface area (Å²) in [7, 11) is 0. The Morgan fingerprint density at radius 1 is 1.03 bits per heavy atom. The van der Waals surface area contributed by atoms with Crippen molar-refractivity contribution in [1.82, 2.24) is 9.88 Å². The Hall–Kier alpha value is -3.29. The number of anilines is 1. The topological polar surface area (TPSA) is 80.8 Å². The van der Waals surface area contributed by atoms with Crippen LogP contribution in [0.15, 0.2) is 48.5 Å². The molecule has 1 N–H and O–H groups in total. The van der Waals surface area contributed by atoms with Crippen molar-refractivity contribution in [1.29, 1.82) is 0 Å². The number of hydrogen-bond donors (Lipinski definition) is 1. The summed E-state index contributed by atoms with van der Waals surface area (Å²) in [5, 5.41) is 3.58. The van der Waals surface area contributed by atoms with E-state index in [0.717, 1.165) is 74.3 Å². The second kappa shape index (κ2) is 9.68. The molecule has 2 heterocycles. The number of amides is 1. The third kappa shape index (κ3) is 4.89. The van der Waals surface area contributed by atoms with Crippen molar-refractivity contribution in [3.8, 4) is 0 Å². The Labute approximate surface area is 192 Å². The van der Waals surface area contributed by atoms with E-state index >= 15 is 0 Å². The summed E-state index contributed by atoms with van der Waals surface area (Å²) in [6, 6.07) is 15.3. The zero-order valence-electron chi connectivity index (χ0n) is 18.5. The largest absolute Gasteiger partial charge is 0.452 e. The molecule has 33 heavy (non-hydrogen) atoms. The lowest BCUT2D eigenvalue weighted by atomic mass is 10.0. The number of fused-ring (bicyclic) bond motifs is 2. The molecule has 3 aromatic rings. The molecule has 2 aromatic carbocycles. The van der Waals surface area contributed by atoms with Gasteiger partial charge in [-0.15, -0.1) is 0 Å². The fraction of sp³-hybridized carbons (Fsp3) is 0.346. The van der Waals surface area contributed by atoms with Crippen LogP contribution in [0.4, 0.5) is 5.69 Å². The molecule has 1 aliphatic carbocycles. The molecule has 0 saturated carbocycles. The number of aromatic nitrogens is 1. The van der Waals surface area contributed by atoms with Crippen LogP contribution in [0.1, 0.15) is 33.6 Å². The number of benzene rings is 2. The number of ether oxygens (including phenoxy) is 2. The minimum absolute atomic E-state index is 0.334. The zero-order chi connectivity index (χ0) is 22.6. The monoisotopic (exact) mass is 445 g/mol. The molecule has 1 aromatic heterocycles. The Morgan fingerprint density at radius 2 is 1.82 bits per heavy atom. The molecular weight excluding hydrogens is 418 g/mol. The minimum atomic E-state index is -0.470. The van der Waals surface area contributed by atoms with Gasteiger partial charge in [0.05, 0.1) is 24.3 Å². The van der Waals surface area contributed by atoms with Crippen LogP contribution in [0.2, 0.25) is 0 Å². The van der Waals surface area contributed by atoms with Gasteiger partial charge in [-0.2, -0.15) is 0 Å². The van der Waals surface area contributed by atoms with Gasteiger partial charge in [-0.1, -0.05) is 30.3 Å². The van der Waals surface area contributed by atoms with E-state index in [4.69, 9.17) is 14.5 Å². The van der Waals surface area contributed by atoms with E-state index in [1.807, 2.05) is 48.5 Å². The number of carbonyl (C=O) groups is 2. The maximum atomic E-state index is 13.0. The number of aryl methyl sites for hydroxylation is 1. The molecule has 170 valence electrons. The summed E-state index contributed by atoms with van der Waals surface area (Å²) >= 11 is 0. The Balaban J connectivity index is 1.20. The fourth-order valence-electron chi connectivity index (χ4n) is 4.56. The summed E-state index contributed by atoms with van der Waals surface area (Å²) in [5.74, 6) is -0.831. The maximum Gasteiger partial charge on any atom is 0.339 e. The molecule has 1 fully saturated rings. The molecule has 2 aliphatic rings. The Kier molecular flexibility index (Phi) is 6.32. The molecule has 0 spiro atoms. The molecule has 1 aliphatic heterocycles. The van der Waals surface area contributed by atoms with E-state index in [1.165, 1.54) is 5.56 Å². The lowest BCUT2D eigenvalue weighted by Gasteiger charge is -2.26. The van der Waals surface area contributed by atoms with Crippen molar-refractivity contribution >= 4 is 28.5 Å². The molecule has 0 bridgehead atoms. The van der Waals surface area contributed by atoms with Crippen molar-refractivity contribution in [2.24, 2.45) is 0 Å². The second-order valence-corrected chi connectivity index (χ2v) is 8.49. The van der Waals surface area contributed by atoms with Gasteiger partial charge < -0.3 is 14.8 Å². The zero-order valence-corrected chi connectivity index (χ0v) is 18.5. The van der Waals surface area contributed by atoms with Gasteiger partial charge in [0.1, 0.15) is 0 Å². The number of pyridine rings is 1. The number of esters is 1. The number of hydrogen-bond acceptors (Lipinski definition) is 6. The van der Waals surface area contributed by atoms with Crippen molar-refractivity contribution in [2.75, 3.05) is 38.2 Å². The highest BCUT2D eigenvalue weighted by atomic mass is 16.5. The number of nitrogens with one attached hydrogen (secondary N) is 1. The van der Waals surface area contributed by atoms with Gasteiger partial charge in [0.15, 0.2) is 6.61 Å². The molecule has 7 nitrogen and oxygen atoms in total. The van der Waals surface area contributed by atoms with Crippen molar-refractivity contribution < 1.29 is 19.1 Å². The third-order valence-corrected chi connectivity index (χ3v) is 6.21. The summed E-state index contributed by atoms with van der Waals surface area (Å²) in [4.78, 5) is 32.4. The molecule has 0 atom stereocenters. The quantitative estimate of drug-likeness (QED) is 0.586. The van der Waals surface area contributed by atoms with Crippen molar-refractivity contribution in [3.63, 3.8) is 0 Å². The van der Waals surface area contributed by atoms with Gasteiger partial charge in [0, 0.05) is 36.4 Å². The highest BCUT2D eigenvalue weighted by molar-refractivity contribution is 6.06. The fourth-order valence-corrected chi connectivity index (χ4v) is 4.56. The maximum absolute atomic E-state index is 13.0. The van der Waals surface area contributed by atoms with Crippen LogP contribution in [0, 0.1) is 0 Å². The molecule has 1 saturated heterocycles. The van der Waals surface area contributed by atoms with E-state index in [-0.39, 0.29) is 12.5 Å². The minimum Gasteiger partial charge on any atom is -0.452 e. The van der Waals surface area contributed by atoms with Gasteiger partial charge >= 0.3 is 5.97 Å². The smallest absolute Gasteiger partial charge is 0.339 e. The average Bonchev–Trinajstić information content (AvgIpc) is 3.31. The lowest BCUT2D eigenvalue weighted by molar-refractivity contribution is -0.119. The van der Waals surface area contributed by atoms with E-state index < -0.39 is 5.97 Å². The first-order valence-corrected chi connectivity index (χ1v) is 11.4. The van der Waals surface area contributed by atoms with Crippen LogP contribution >= 0.6 is 0 Å². The molecule has 0 unspecified atom stereocenters. The second-order valence-electron chi connectivity index (χ2n) is 8.49. The van der Waals surface area contributed by atoms with Crippen LogP contribution in [0.5, 0.6) is 0 Å². The average molecular weight is 446 g/mol. The Bertz CT molecular complexity index is 1170. The number of morpholine rings is 1. The molecular formula is C26H27N3O4. The highest BCUT2D eigenvalue weighted by Gasteiger charge is 2.25. The number of para-hydroxylation sites is 1. The number of carbonyl (C=O) groups excluding carboxylic acids is 2. The Morgan fingerprint density at radius 3 is 2.64 bits per heavy atom. The number of rotatable bonds is 6. The van der Waals surface area contributed by atoms with Crippen molar-refractivity contribution in [2.45, 2.75) is 25.8 Å². The molecule has 5 rings (SSSR count). The predicted octanol–water partition coefficient (Wildman–Crippen LogP) is 3.35. The first-order chi connectivity index (χ1) is 16.2. The summed E-state index contributed by atoms with van der Waals surface area (Å²) in [6.07, 6.45) is 2.64. The first-order valence-electron chi connectivity index (χ1n) is 11.4. The molecule has 0 radical (unpaired) electrons. The number of nitrogens with zero attached hydrogens (tertiary/aromatic N) is 2. The predicted molar refractivity (Wildman–Crippen MR) is 125 cm³/mol. The summed E-state index contributed by atoms with van der Waals surface area (Å²) in [5.41, 5.74) is 5.11. The van der Waals surface area contributed by atoms with E-state index in [1.54, 1.807) is 0 Å². The van der Waals surface area contributed by atoms with Crippen molar-refractivity contribution in [3.05, 3.63) is 70.9 Å². The standard InChI is InChI=1S/C26H27N3O4/c30-24(27-19-10-8-18(9-11-19)16-29-12-14-32-15-13-29)17-33-26(31)25-20-4-1-2-6-22(20)28-23-7-3-5-21(23)25/h1-2,4,6,8-11H,3,5,7,12-17H2,(H,27,30). The van der Waals surface area contributed by atoms with Crippen LogP contribution < -0.4 is 5.32 Å². The van der Waals surface area contributed by atoms with Gasteiger partial charge in [-0.3, -0.25) is 14.7 Å². The van der Waals surface area contributed by atoms with Gasteiger partial charge in [0.2, 0.25) is 0 Å². The van der Waals surface area contributed by atoms with Gasteiger partial charge in [-0.25, -0.2) is 4.79 Å². The normalized spacial score (nSPS) is 15.9. The van der Waals surface area contributed by atoms with E-state index in [2.05, 4.69) is 10.2 Å². The summed E-state index contributed by atoms with van der Waals surface area (Å²) < 4.78 is 10.8. The molecule has 7 heteroatoms. The van der Waals surface area contributed by atoms with E-state index in [9.17, 15) is 9.59 Å². The van der Waals surface area contributed by atoms with Crippen LogP contribution in [-0.4, -0.2) is 54.7 Å². The summed E-state index contributed by atoms with van der Waals surface area (Å²) in [6.45, 7) is 3.93. The SMILES string of the molecule is O=C(COC(=O)c1c2c(nc3ccccc13)CCC2)Nc1ccc(CN2CCOCC2)cc1. The highest BCUT2D eigenvalue weighted by Crippen LogP contribution is 2.30. The van der Waals surface area contributed by atoms with Crippen LogP contribution in [0.3, 0.4) is 0 Å².